The second kappa shape index (κ2) is 2.74. The van der Waals surface area contributed by atoms with Crippen molar-refractivity contribution in [3.05, 3.63) is 30.1 Å². The van der Waals surface area contributed by atoms with Crippen LogP contribution in [0.1, 0.15) is 18.9 Å². The molecule has 2 unspecified atom stereocenters. The fourth-order valence-corrected chi connectivity index (χ4v) is 2.18. The lowest BCUT2D eigenvalue weighted by Gasteiger charge is -2.08. The Labute approximate surface area is 77.8 Å². The highest BCUT2D eigenvalue weighted by molar-refractivity contribution is 6.18. The van der Waals surface area contributed by atoms with Gasteiger partial charge in [0.05, 0.1) is 0 Å². The molecule has 1 aliphatic rings. The zero-order valence-corrected chi connectivity index (χ0v) is 7.88. The summed E-state index contributed by atoms with van der Waals surface area (Å²) in [6.45, 7) is 2.26. The van der Waals surface area contributed by atoms with E-state index in [0.29, 0.717) is 11.3 Å². The second-order valence-corrected chi connectivity index (χ2v) is 4.02. The van der Waals surface area contributed by atoms with Gasteiger partial charge in [0.2, 0.25) is 0 Å². The molecule has 1 aromatic rings. The van der Waals surface area contributed by atoms with E-state index in [1.807, 2.05) is 18.5 Å². The molecule has 2 atom stereocenters. The summed E-state index contributed by atoms with van der Waals surface area (Å²) < 4.78 is 0. The Morgan fingerprint density at radius 3 is 3.08 bits per heavy atom. The van der Waals surface area contributed by atoms with E-state index >= 15 is 0 Å². The van der Waals surface area contributed by atoms with Crippen molar-refractivity contribution in [2.24, 2.45) is 5.92 Å². The Hall–Kier alpha value is -0.560. The van der Waals surface area contributed by atoms with Crippen molar-refractivity contribution in [3.8, 4) is 0 Å². The van der Waals surface area contributed by atoms with Crippen molar-refractivity contribution in [1.29, 1.82) is 0 Å². The predicted molar refractivity (Wildman–Crippen MR) is 50.4 cm³/mol. The van der Waals surface area contributed by atoms with Crippen molar-refractivity contribution >= 4 is 11.6 Å². The molecule has 1 fully saturated rings. The van der Waals surface area contributed by atoms with Gasteiger partial charge < -0.3 is 0 Å². The third kappa shape index (κ3) is 1.13. The fourth-order valence-electron chi connectivity index (χ4n) is 1.73. The minimum absolute atomic E-state index is 0.315. The van der Waals surface area contributed by atoms with E-state index in [0.717, 1.165) is 5.88 Å². The van der Waals surface area contributed by atoms with Crippen LogP contribution in [0.2, 0.25) is 0 Å². The van der Waals surface area contributed by atoms with Gasteiger partial charge in [-0.1, -0.05) is 13.0 Å². The molecule has 0 spiro atoms. The molecule has 0 N–H and O–H groups in total. The van der Waals surface area contributed by atoms with E-state index < -0.39 is 0 Å². The number of hydrogen-bond acceptors (Lipinski definition) is 1. The summed E-state index contributed by atoms with van der Waals surface area (Å²) in [7, 11) is 0. The molecular formula is C10H12ClN. The number of rotatable bonds is 2. The molecule has 1 heterocycles. The smallest absolute Gasteiger partial charge is 0.0305 e. The first-order chi connectivity index (χ1) is 5.77. The van der Waals surface area contributed by atoms with E-state index in [4.69, 9.17) is 11.6 Å². The van der Waals surface area contributed by atoms with Crippen LogP contribution in [0.4, 0.5) is 0 Å². The Morgan fingerprint density at radius 1 is 1.75 bits per heavy atom. The lowest BCUT2D eigenvalue weighted by molar-refractivity contribution is 0.702. The van der Waals surface area contributed by atoms with Crippen LogP contribution in [0.15, 0.2) is 24.5 Å². The van der Waals surface area contributed by atoms with Crippen molar-refractivity contribution in [2.75, 3.05) is 5.88 Å². The number of alkyl halides is 1. The lowest BCUT2D eigenvalue weighted by Crippen LogP contribution is -2.05. The minimum atomic E-state index is 0.315. The summed E-state index contributed by atoms with van der Waals surface area (Å²) in [5.74, 6) is 1.43. The average molecular weight is 182 g/mol. The zero-order chi connectivity index (χ0) is 8.60. The van der Waals surface area contributed by atoms with Crippen LogP contribution in [0.3, 0.4) is 0 Å². The van der Waals surface area contributed by atoms with Gasteiger partial charge in [-0.3, -0.25) is 4.98 Å². The first kappa shape index (κ1) is 8.06. The van der Waals surface area contributed by atoms with E-state index in [2.05, 4.69) is 18.0 Å². The van der Waals surface area contributed by atoms with Gasteiger partial charge in [-0.25, -0.2) is 0 Å². The monoisotopic (exact) mass is 181 g/mol. The molecule has 12 heavy (non-hydrogen) atoms. The Balaban J connectivity index is 2.23. The van der Waals surface area contributed by atoms with Crippen LogP contribution < -0.4 is 0 Å². The third-order valence-corrected chi connectivity index (χ3v) is 3.29. The third-order valence-electron chi connectivity index (χ3n) is 2.92. The lowest BCUT2D eigenvalue weighted by atomic mass is 9.98. The number of pyridine rings is 1. The minimum Gasteiger partial charge on any atom is -0.264 e. The van der Waals surface area contributed by atoms with Gasteiger partial charge in [0.15, 0.2) is 0 Å². The molecular weight excluding hydrogens is 170 g/mol. The van der Waals surface area contributed by atoms with Gasteiger partial charge in [0, 0.05) is 18.3 Å². The quantitative estimate of drug-likeness (QED) is 0.640. The zero-order valence-electron chi connectivity index (χ0n) is 7.13. The standard InChI is InChI=1S/C10H12ClN/c1-10(5-9(10)6-11)8-3-2-4-12-7-8/h2-4,7,9H,5-6H2,1H3. The van der Waals surface area contributed by atoms with Crippen LogP contribution >= 0.6 is 11.6 Å². The van der Waals surface area contributed by atoms with Gasteiger partial charge in [-0.15, -0.1) is 11.6 Å². The van der Waals surface area contributed by atoms with E-state index in [9.17, 15) is 0 Å². The fraction of sp³-hybridized carbons (Fsp3) is 0.500. The normalized spacial score (nSPS) is 33.3. The molecule has 0 aromatic carbocycles. The maximum absolute atomic E-state index is 5.81. The van der Waals surface area contributed by atoms with Gasteiger partial charge in [-0.05, 0) is 29.4 Å². The van der Waals surface area contributed by atoms with Gasteiger partial charge in [-0.2, -0.15) is 0 Å². The van der Waals surface area contributed by atoms with Crippen LogP contribution in [0.25, 0.3) is 0 Å². The molecule has 2 heteroatoms. The van der Waals surface area contributed by atoms with Crippen LogP contribution in [0.5, 0.6) is 0 Å². The first-order valence-corrected chi connectivity index (χ1v) is 4.77. The van der Waals surface area contributed by atoms with Crippen LogP contribution in [0, 0.1) is 5.92 Å². The number of aromatic nitrogens is 1. The number of nitrogens with zero attached hydrogens (tertiary/aromatic N) is 1. The van der Waals surface area contributed by atoms with Crippen LogP contribution in [-0.4, -0.2) is 10.9 Å². The summed E-state index contributed by atoms with van der Waals surface area (Å²) in [5, 5.41) is 0. The highest BCUT2D eigenvalue weighted by Crippen LogP contribution is 2.54. The second-order valence-electron chi connectivity index (χ2n) is 3.71. The summed E-state index contributed by atoms with van der Waals surface area (Å²) in [6.07, 6.45) is 4.97. The number of halogens is 1. The summed E-state index contributed by atoms with van der Waals surface area (Å²) in [6, 6.07) is 4.13. The Kier molecular flexibility index (Phi) is 1.84. The molecule has 0 saturated heterocycles. The van der Waals surface area contributed by atoms with Crippen molar-refractivity contribution in [3.63, 3.8) is 0 Å². The maximum Gasteiger partial charge on any atom is 0.0305 e. The molecule has 1 aliphatic carbocycles. The summed E-state index contributed by atoms with van der Waals surface area (Å²) in [5.41, 5.74) is 1.64. The Bertz CT molecular complexity index is 272. The topological polar surface area (TPSA) is 12.9 Å². The molecule has 1 aromatic heterocycles. The molecule has 0 radical (unpaired) electrons. The maximum atomic E-state index is 5.81. The SMILES string of the molecule is CC1(c2cccnc2)CC1CCl. The molecule has 2 rings (SSSR count). The largest absolute Gasteiger partial charge is 0.264 e. The molecule has 0 bridgehead atoms. The molecule has 1 saturated carbocycles. The van der Waals surface area contributed by atoms with Crippen molar-refractivity contribution in [2.45, 2.75) is 18.8 Å². The molecule has 64 valence electrons. The summed E-state index contributed by atoms with van der Waals surface area (Å²) in [4.78, 5) is 4.12. The highest BCUT2D eigenvalue weighted by atomic mass is 35.5. The average Bonchev–Trinajstić information content (AvgIpc) is 2.81. The highest BCUT2D eigenvalue weighted by Gasteiger charge is 2.50. The first-order valence-electron chi connectivity index (χ1n) is 4.24. The Morgan fingerprint density at radius 2 is 2.58 bits per heavy atom. The van der Waals surface area contributed by atoms with Gasteiger partial charge in [0.25, 0.3) is 0 Å². The van der Waals surface area contributed by atoms with E-state index in [-0.39, 0.29) is 0 Å². The van der Waals surface area contributed by atoms with E-state index in [1.54, 1.807) is 0 Å². The summed E-state index contributed by atoms with van der Waals surface area (Å²) >= 11 is 5.81. The van der Waals surface area contributed by atoms with Gasteiger partial charge in [0.1, 0.15) is 0 Å². The molecule has 0 aliphatic heterocycles. The van der Waals surface area contributed by atoms with Crippen LogP contribution in [-0.2, 0) is 5.41 Å². The predicted octanol–water partition coefficient (Wildman–Crippen LogP) is 2.60. The molecule has 0 amide bonds. The number of hydrogen-bond donors (Lipinski definition) is 0. The molecule has 1 nitrogen and oxygen atoms in total. The van der Waals surface area contributed by atoms with Crippen molar-refractivity contribution in [1.82, 2.24) is 4.98 Å². The van der Waals surface area contributed by atoms with Crippen molar-refractivity contribution < 1.29 is 0 Å². The van der Waals surface area contributed by atoms with Gasteiger partial charge >= 0.3 is 0 Å². The van der Waals surface area contributed by atoms with E-state index in [1.165, 1.54) is 12.0 Å².